The fourth-order valence-corrected chi connectivity index (χ4v) is 2.60. The Morgan fingerprint density at radius 3 is 3.00 bits per heavy atom. The Morgan fingerprint density at radius 2 is 2.30 bits per heavy atom. The Morgan fingerprint density at radius 1 is 1.43 bits per heavy atom. The molecule has 0 spiro atoms. The van der Waals surface area contributed by atoms with Gasteiger partial charge in [0.1, 0.15) is 11.5 Å². The fraction of sp³-hybridized carbons (Fsp3) is 0.375. The quantitative estimate of drug-likeness (QED) is 0.891. The topological polar surface area (TPSA) is 88.3 Å². The van der Waals surface area contributed by atoms with E-state index in [1.807, 2.05) is 18.2 Å². The molecule has 1 N–H and O–H groups in total. The Bertz CT molecular complexity index is 698. The van der Waals surface area contributed by atoms with Crippen LogP contribution in [0.15, 0.2) is 35.2 Å². The van der Waals surface area contributed by atoms with Crippen molar-refractivity contribution in [2.45, 2.75) is 26.4 Å². The van der Waals surface area contributed by atoms with E-state index < -0.39 is 0 Å². The van der Waals surface area contributed by atoms with E-state index in [2.05, 4.69) is 15.3 Å². The number of nitrogens with one attached hydrogen (secondary N) is 1. The van der Waals surface area contributed by atoms with Crippen LogP contribution in [0.5, 0.6) is 0 Å². The molecule has 120 valence electrons. The van der Waals surface area contributed by atoms with E-state index in [0.717, 1.165) is 5.69 Å². The van der Waals surface area contributed by atoms with Crippen LogP contribution < -0.4 is 5.32 Å². The summed E-state index contributed by atoms with van der Waals surface area (Å²) in [4.78, 5) is 34.2. The maximum Gasteiger partial charge on any atom is 0.225 e. The van der Waals surface area contributed by atoms with Crippen LogP contribution in [-0.4, -0.2) is 33.2 Å². The zero-order valence-electron chi connectivity index (χ0n) is 12.9. The van der Waals surface area contributed by atoms with Crippen LogP contribution in [-0.2, 0) is 22.7 Å². The van der Waals surface area contributed by atoms with Crippen molar-refractivity contribution < 1.29 is 14.0 Å². The first-order valence-corrected chi connectivity index (χ1v) is 7.48. The molecule has 0 bridgehead atoms. The van der Waals surface area contributed by atoms with Crippen molar-refractivity contribution in [2.24, 2.45) is 5.92 Å². The Kier molecular flexibility index (Phi) is 4.36. The first-order chi connectivity index (χ1) is 11.1. The molecule has 1 unspecified atom stereocenters. The number of aryl methyl sites for hydroxylation is 1. The third kappa shape index (κ3) is 3.56. The molecule has 7 nitrogen and oxygen atoms in total. The van der Waals surface area contributed by atoms with Crippen molar-refractivity contribution in [3.63, 3.8) is 0 Å². The van der Waals surface area contributed by atoms with Gasteiger partial charge in [0.05, 0.1) is 24.7 Å². The number of pyridine rings is 1. The lowest BCUT2D eigenvalue weighted by Crippen LogP contribution is -2.32. The average molecular weight is 314 g/mol. The van der Waals surface area contributed by atoms with Crippen molar-refractivity contribution in [3.05, 3.63) is 47.9 Å². The summed E-state index contributed by atoms with van der Waals surface area (Å²) in [7, 11) is 0. The molecule has 2 amide bonds. The SMILES string of the molecule is Cc1ocnc1CNC(=O)C1CC(=O)N(Cc2ccccn2)C1. The predicted octanol–water partition coefficient (Wildman–Crippen LogP) is 1.04. The van der Waals surface area contributed by atoms with Gasteiger partial charge in [-0.2, -0.15) is 0 Å². The molecule has 0 aliphatic carbocycles. The zero-order chi connectivity index (χ0) is 16.2. The maximum absolute atomic E-state index is 12.2. The molecule has 7 heteroatoms. The summed E-state index contributed by atoms with van der Waals surface area (Å²) in [6, 6.07) is 5.58. The molecule has 1 aliphatic heterocycles. The molecule has 2 aromatic rings. The Balaban J connectivity index is 1.54. The molecule has 1 aliphatic rings. The van der Waals surface area contributed by atoms with Crippen molar-refractivity contribution in [1.82, 2.24) is 20.2 Å². The molecule has 3 rings (SSSR count). The summed E-state index contributed by atoms with van der Waals surface area (Å²) in [5, 5.41) is 2.82. The lowest BCUT2D eigenvalue weighted by molar-refractivity contribution is -0.129. The smallest absolute Gasteiger partial charge is 0.225 e. The molecule has 1 saturated heterocycles. The van der Waals surface area contributed by atoms with Crippen LogP contribution >= 0.6 is 0 Å². The molecule has 1 fully saturated rings. The number of carbonyl (C=O) groups is 2. The van der Waals surface area contributed by atoms with Gasteiger partial charge in [-0.05, 0) is 19.1 Å². The number of amides is 2. The number of hydrogen-bond acceptors (Lipinski definition) is 5. The highest BCUT2D eigenvalue weighted by molar-refractivity contribution is 5.89. The summed E-state index contributed by atoms with van der Waals surface area (Å²) in [5.74, 6) is 0.195. The second-order valence-electron chi connectivity index (χ2n) is 5.57. The van der Waals surface area contributed by atoms with E-state index in [1.54, 1.807) is 18.0 Å². The van der Waals surface area contributed by atoms with Gasteiger partial charge in [-0.3, -0.25) is 14.6 Å². The number of rotatable bonds is 5. The Hall–Kier alpha value is -2.70. The number of hydrogen-bond donors (Lipinski definition) is 1. The second kappa shape index (κ2) is 6.60. The normalized spacial score (nSPS) is 17.5. The summed E-state index contributed by atoms with van der Waals surface area (Å²) >= 11 is 0. The van der Waals surface area contributed by atoms with Crippen LogP contribution in [0.1, 0.15) is 23.6 Å². The molecule has 1 atom stereocenters. The molecule has 2 aromatic heterocycles. The molecule has 0 aromatic carbocycles. The van der Waals surface area contributed by atoms with E-state index in [1.165, 1.54) is 6.39 Å². The van der Waals surface area contributed by atoms with Gasteiger partial charge < -0.3 is 14.6 Å². The van der Waals surface area contributed by atoms with Gasteiger partial charge in [0, 0.05) is 19.2 Å². The van der Waals surface area contributed by atoms with Gasteiger partial charge in [-0.1, -0.05) is 6.07 Å². The third-order valence-corrected chi connectivity index (χ3v) is 3.94. The van der Waals surface area contributed by atoms with Gasteiger partial charge in [0.25, 0.3) is 0 Å². The first kappa shape index (κ1) is 15.2. The largest absolute Gasteiger partial charge is 0.448 e. The molecule has 0 saturated carbocycles. The van der Waals surface area contributed by atoms with E-state index in [-0.39, 0.29) is 24.2 Å². The summed E-state index contributed by atoms with van der Waals surface area (Å²) in [6.45, 7) is 2.96. The minimum Gasteiger partial charge on any atom is -0.448 e. The number of nitrogens with zero attached hydrogens (tertiary/aromatic N) is 3. The highest BCUT2D eigenvalue weighted by Crippen LogP contribution is 2.20. The van der Waals surface area contributed by atoms with Crippen molar-refractivity contribution >= 4 is 11.8 Å². The number of carbonyl (C=O) groups excluding carboxylic acids is 2. The number of aromatic nitrogens is 2. The van der Waals surface area contributed by atoms with Crippen molar-refractivity contribution in [3.8, 4) is 0 Å². The monoisotopic (exact) mass is 314 g/mol. The van der Waals surface area contributed by atoms with Gasteiger partial charge >= 0.3 is 0 Å². The standard InChI is InChI=1S/C16H18N4O3/c1-11-14(19-10-23-11)7-18-16(22)12-6-15(21)20(8-12)9-13-4-2-3-5-17-13/h2-5,10,12H,6-9H2,1H3,(H,18,22). The minimum atomic E-state index is -0.335. The first-order valence-electron chi connectivity index (χ1n) is 7.48. The number of oxazole rings is 1. The van der Waals surface area contributed by atoms with Gasteiger partial charge in [-0.25, -0.2) is 4.98 Å². The van der Waals surface area contributed by atoms with Crippen molar-refractivity contribution in [2.75, 3.05) is 6.54 Å². The fourth-order valence-electron chi connectivity index (χ4n) is 2.60. The van der Waals surface area contributed by atoms with Crippen LogP contribution in [0, 0.1) is 12.8 Å². The van der Waals surface area contributed by atoms with E-state index in [0.29, 0.717) is 31.1 Å². The van der Waals surface area contributed by atoms with Crippen LogP contribution in [0.3, 0.4) is 0 Å². The second-order valence-corrected chi connectivity index (χ2v) is 5.57. The maximum atomic E-state index is 12.2. The van der Waals surface area contributed by atoms with Crippen molar-refractivity contribution in [1.29, 1.82) is 0 Å². The minimum absolute atomic E-state index is 0.0200. The van der Waals surface area contributed by atoms with E-state index >= 15 is 0 Å². The summed E-state index contributed by atoms with van der Waals surface area (Å²) in [5.41, 5.74) is 1.52. The molecular formula is C16H18N4O3. The highest BCUT2D eigenvalue weighted by Gasteiger charge is 2.34. The van der Waals surface area contributed by atoms with Gasteiger partial charge in [0.15, 0.2) is 6.39 Å². The molecule has 3 heterocycles. The molecule has 0 radical (unpaired) electrons. The lowest BCUT2D eigenvalue weighted by atomic mass is 10.1. The van der Waals surface area contributed by atoms with Gasteiger partial charge in [-0.15, -0.1) is 0 Å². The Labute approximate surface area is 133 Å². The van der Waals surface area contributed by atoms with Gasteiger partial charge in [0.2, 0.25) is 11.8 Å². The number of likely N-dealkylation sites (tertiary alicyclic amines) is 1. The summed E-state index contributed by atoms with van der Waals surface area (Å²) in [6.07, 6.45) is 3.28. The average Bonchev–Trinajstić information content (AvgIpc) is 3.12. The highest BCUT2D eigenvalue weighted by atomic mass is 16.3. The van der Waals surface area contributed by atoms with Crippen LogP contribution in [0.4, 0.5) is 0 Å². The van der Waals surface area contributed by atoms with Crippen LogP contribution in [0.25, 0.3) is 0 Å². The van der Waals surface area contributed by atoms with E-state index in [9.17, 15) is 9.59 Å². The van der Waals surface area contributed by atoms with E-state index in [4.69, 9.17) is 4.42 Å². The van der Waals surface area contributed by atoms with Crippen LogP contribution in [0.2, 0.25) is 0 Å². The predicted molar refractivity (Wildman–Crippen MR) is 80.8 cm³/mol. The molecular weight excluding hydrogens is 296 g/mol. The molecule has 23 heavy (non-hydrogen) atoms. The summed E-state index contributed by atoms with van der Waals surface area (Å²) < 4.78 is 5.09. The lowest BCUT2D eigenvalue weighted by Gasteiger charge is -2.16. The zero-order valence-corrected chi connectivity index (χ0v) is 12.9. The third-order valence-electron chi connectivity index (χ3n) is 3.94.